The Bertz CT molecular complexity index is 879. The van der Waals surface area contributed by atoms with Crippen LogP contribution in [0.15, 0.2) is 42.5 Å². The number of benzene rings is 2. The van der Waals surface area contributed by atoms with Crippen LogP contribution in [0, 0.1) is 5.82 Å². The smallest absolute Gasteiger partial charge is 0.337 e. The molecule has 1 aliphatic heterocycles. The Hall–Kier alpha value is -3.09. The van der Waals surface area contributed by atoms with E-state index in [9.17, 15) is 19.1 Å². The predicted octanol–water partition coefficient (Wildman–Crippen LogP) is 3.98. The summed E-state index contributed by atoms with van der Waals surface area (Å²) < 4.78 is 14.0. The van der Waals surface area contributed by atoms with Crippen LogP contribution < -0.4 is 15.1 Å². The van der Waals surface area contributed by atoms with E-state index in [-0.39, 0.29) is 17.3 Å². The lowest BCUT2D eigenvalue weighted by atomic mass is 10.1. The summed E-state index contributed by atoms with van der Waals surface area (Å²) in [6.07, 6.45) is 2.13. The van der Waals surface area contributed by atoms with Crippen molar-refractivity contribution in [2.45, 2.75) is 26.2 Å². The number of hydrogen-bond donors (Lipinski definition) is 2. The molecule has 7 heteroatoms. The van der Waals surface area contributed by atoms with Gasteiger partial charge in [0.05, 0.1) is 16.9 Å². The van der Waals surface area contributed by atoms with Gasteiger partial charge in [0.1, 0.15) is 5.82 Å². The highest BCUT2D eigenvalue weighted by Gasteiger charge is 2.23. The number of amides is 1. The van der Waals surface area contributed by atoms with Gasteiger partial charge in [0, 0.05) is 38.3 Å². The van der Waals surface area contributed by atoms with Gasteiger partial charge in [0.15, 0.2) is 0 Å². The second kappa shape index (κ2) is 9.41. The Labute approximate surface area is 169 Å². The highest BCUT2D eigenvalue weighted by Crippen LogP contribution is 2.27. The Balaban J connectivity index is 1.71. The molecule has 3 rings (SSSR count). The predicted molar refractivity (Wildman–Crippen MR) is 112 cm³/mol. The second-order valence-electron chi connectivity index (χ2n) is 7.11. The summed E-state index contributed by atoms with van der Waals surface area (Å²) >= 11 is 0. The van der Waals surface area contributed by atoms with Gasteiger partial charge >= 0.3 is 5.97 Å². The SMILES string of the molecule is CCCCC(=O)Nc1ccc(N2CCN(c3ccccc3F)CC2)c(C(=O)O)c1. The number of rotatable bonds is 7. The third-order valence-corrected chi connectivity index (χ3v) is 5.08. The summed E-state index contributed by atoms with van der Waals surface area (Å²) in [5.41, 5.74) is 1.81. The number of piperazine rings is 1. The maximum atomic E-state index is 14.0. The maximum Gasteiger partial charge on any atom is 0.337 e. The van der Waals surface area contributed by atoms with Crippen molar-refractivity contribution in [1.82, 2.24) is 0 Å². The van der Waals surface area contributed by atoms with Gasteiger partial charge < -0.3 is 20.2 Å². The van der Waals surface area contributed by atoms with Crippen molar-refractivity contribution in [3.8, 4) is 0 Å². The number of carbonyl (C=O) groups is 2. The van der Waals surface area contributed by atoms with Crippen LogP contribution in [0.1, 0.15) is 36.5 Å². The fourth-order valence-electron chi connectivity index (χ4n) is 3.52. The van der Waals surface area contributed by atoms with Crippen molar-refractivity contribution in [3.63, 3.8) is 0 Å². The second-order valence-corrected chi connectivity index (χ2v) is 7.11. The normalized spacial score (nSPS) is 14.0. The number of para-hydroxylation sites is 1. The molecule has 0 atom stereocenters. The van der Waals surface area contributed by atoms with Crippen LogP contribution in [0.3, 0.4) is 0 Å². The van der Waals surface area contributed by atoms with Crippen molar-refractivity contribution in [1.29, 1.82) is 0 Å². The largest absolute Gasteiger partial charge is 0.478 e. The lowest BCUT2D eigenvalue weighted by Gasteiger charge is -2.38. The molecular weight excluding hydrogens is 373 g/mol. The van der Waals surface area contributed by atoms with Gasteiger partial charge in [0.2, 0.25) is 5.91 Å². The monoisotopic (exact) mass is 399 g/mol. The molecular formula is C22H26FN3O3. The molecule has 1 fully saturated rings. The number of carboxylic acid groups (broad SMARTS) is 1. The molecule has 1 aliphatic rings. The molecule has 1 heterocycles. The lowest BCUT2D eigenvalue weighted by Crippen LogP contribution is -2.47. The molecule has 1 amide bonds. The van der Waals surface area contributed by atoms with Gasteiger partial charge in [-0.2, -0.15) is 0 Å². The zero-order valence-electron chi connectivity index (χ0n) is 16.5. The van der Waals surface area contributed by atoms with Crippen molar-refractivity contribution in [3.05, 3.63) is 53.8 Å². The van der Waals surface area contributed by atoms with Gasteiger partial charge in [0.25, 0.3) is 0 Å². The molecule has 0 aromatic heterocycles. The number of halogens is 1. The Morgan fingerprint density at radius 3 is 2.31 bits per heavy atom. The molecule has 2 N–H and O–H groups in total. The molecule has 6 nitrogen and oxygen atoms in total. The molecule has 0 radical (unpaired) electrons. The van der Waals surface area contributed by atoms with Crippen LogP contribution in [0.2, 0.25) is 0 Å². The number of anilines is 3. The minimum atomic E-state index is -1.04. The number of nitrogens with one attached hydrogen (secondary N) is 1. The maximum absolute atomic E-state index is 14.0. The minimum absolute atomic E-state index is 0.116. The molecule has 0 saturated carbocycles. The first-order valence-corrected chi connectivity index (χ1v) is 9.91. The Morgan fingerprint density at radius 2 is 1.69 bits per heavy atom. The average molecular weight is 399 g/mol. The summed E-state index contributed by atoms with van der Waals surface area (Å²) in [5.74, 6) is -1.41. The highest BCUT2D eigenvalue weighted by atomic mass is 19.1. The van der Waals surface area contributed by atoms with E-state index >= 15 is 0 Å². The van der Waals surface area contributed by atoms with E-state index in [0.29, 0.717) is 49.7 Å². The molecule has 0 spiro atoms. The van der Waals surface area contributed by atoms with Crippen molar-refractivity contribution in [2.75, 3.05) is 41.3 Å². The molecule has 2 aromatic carbocycles. The highest BCUT2D eigenvalue weighted by molar-refractivity contribution is 5.98. The van der Waals surface area contributed by atoms with Crippen LogP contribution in [-0.2, 0) is 4.79 Å². The van der Waals surface area contributed by atoms with Crippen molar-refractivity contribution in [2.24, 2.45) is 0 Å². The van der Waals surface area contributed by atoms with Gasteiger partial charge in [-0.25, -0.2) is 9.18 Å². The van der Waals surface area contributed by atoms with E-state index in [2.05, 4.69) is 5.32 Å². The number of unbranched alkanes of at least 4 members (excludes halogenated alkanes) is 1. The third kappa shape index (κ3) is 5.04. The molecule has 29 heavy (non-hydrogen) atoms. The van der Waals surface area contributed by atoms with Gasteiger partial charge in [-0.05, 0) is 36.8 Å². The van der Waals surface area contributed by atoms with E-state index in [4.69, 9.17) is 0 Å². The standard InChI is InChI=1S/C22H26FN3O3/c1-2-3-8-21(27)24-16-9-10-19(17(15-16)22(28)29)25-11-13-26(14-12-25)20-7-5-4-6-18(20)23/h4-7,9-10,15H,2-3,8,11-14H2,1H3,(H,24,27)(H,28,29). The zero-order chi connectivity index (χ0) is 20.8. The first-order valence-electron chi connectivity index (χ1n) is 9.91. The third-order valence-electron chi connectivity index (χ3n) is 5.08. The van der Waals surface area contributed by atoms with Crippen LogP contribution >= 0.6 is 0 Å². The van der Waals surface area contributed by atoms with E-state index in [1.807, 2.05) is 16.7 Å². The summed E-state index contributed by atoms with van der Waals surface area (Å²) in [5, 5.41) is 12.4. The lowest BCUT2D eigenvalue weighted by molar-refractivity contribution is -0.116. The van der Waals surface area contributed by atoms with E-state index in [0.717, 1.165) is 12.8 Å². The van der Waals surface area contributed by atoms with Gasteiger partial charge in [-0.15, -0.1) is 0 Å². The van der Waals surface area contributed by atoms with Crippen LogP contribution in [0.25, 0.3) is 0 Å². The molecule has 0 aliphatic carbocycles. The first kappa shape index (κ1) is 20.6. The fourth-order valence-corrected chi connectivity index (χ4v) is 3.52. The van der Waals surface area contributed by atoms with Crippen LogP contribution in [0.4, 0.5) is 21.5 Å². The quantitative estimate of drug-likeness (QED) is 0.737. The number of carbonyl (C=O) groups excluding carboxylic acids is 1. The van der Waals surface area contributed by atoms with Gasteiger partial charge in [-0.1, -0.05) is 25.5 Å². The van der Waals surface area contributed by atoms with Crippen molar-refractivity contribution >= 4 is 28.9 Å². The number of aromatic carboxylic acids is 1. The Kier molecular flexibility index (Phi) is 6.69. The number of hydrogen-bond acceptors (Lipinski definition) is 4. The van der Waals surface area contributed by atoms with Crippen molar-refractivity contribution < 1.29 is 19.1 Å². The molecule has 0 unspecified atom stereocenters. The van der Waals surface area contributed by atoms with Gasteiger partial charge in [-0.3, -0.25) is 4.79 Å². The summed E-state index contributed by atoms with van der Waals surface area (Å²) in [4.78, 5) is 27.7. The van der Waals surface area contributed by atoms with E-state index < -0.39 is 5.97 Å². The topological polar surface area (TPSA) is 72.9 Å². The molecule has 154 valence electrons. The number of nitrogens with zero attached hydrogens (tertiary/aromatic N) is 2. The molecule has 2 aromatic rings. The van der Waals surface area contributed by atoms with E-state index in [1.165, 1.54) is 12.1 Å². The fraction of sp³-hybridized carbons (Fsp3) is 0.364. The number of carboxylic acids is 1. The van der Waals surface area contributed by atoms with Crippen LogP contribution in [0.5, 0.6) is 0 Å². The summed E-state index contributed by atoms with van der Waals surface area (Å²) in [6, 6.07) is 11.6. The summed E-state index contributed by atoms with van der Waals surface area (Å²) in [7, 11) is 0. The molecule has 1 saturated heterocycles. The van der Waals surface area contributed by atoms with Crippen LogP contribution in [-0.4, -0.2) is 43.2 Å². The molecule has 0 bridgehead atoms. The van der Waals surface area contributed by atoms with E-state index in [1.54, 1.807) is 30.3 Å². The minimum Gasteiger partial charge on any atom is -0.478 e. The summed E-state index contributed by atoms with van der Waals surface area (Å²) in [6.45, 7) is 4.36. The first-order chi connectivity index (χ1) is 14.0. The Morgan fingerprint density at radius 1 is 1.03 bits per heavy atom. The zero-order valence-corrected chi connectivity index (χ0v) is 16.5. The average Bonchev–Trinajstić information content (AvgIpc) is 2.73.